The molecule has 6 rings (SSSR count). The molecular formula is C23H27F3N8O2. The monoisotopic (exact) mass is 504 g/mol. The zero-order valence-electron chi connectivity index (χ0n) is 19.7. The summed E-state index contributed by atoms with van der Waals surface area (Å²) in [6.07, 6.45) is 3.37. The van der Waals surface area contributed by atoms with Gasteiger partial charge in [-0.25, -0.2) is 27.9 Å². The molecule has 3 fully saturated rings. The Balaban J connectivity index is 1.10. The maximum atomic E-state index is 15.1. The van der Waals surface area contributed by atoms with Crippen molar-refractivity contribution in [3.63, 3.8) is 0 Å². The molecule has 2 saturated carbocycles. The maximum absolute atomic E-state index is 15.1. The van der Waals surface area contributed by atoms with Gasteiger partial charge in [0, 0.05) is 42.2 Å². The molecule has 3 aliphatic rings. The number of hydrogen-bond acceptors (Lipinski definition) is 7. The standard InChI is InChI=1S/C23H27F3N8O2/c1-22(5-6-22)30-21(35)36-16-3-2-14(19(16)24)15-8-17(32-31-15)29-20-27-7-4-18-28-13(10-34(18)20)9-33-11-23(25,26)12-33/h4,7-8,10,14,16,19H,2-3,5-6,9,11-12H2,1H3,(H,30,35)(H2,27,29,31,32)/t14-,16-,19+/m1/s1. The molecule has 3 N–H and O–H groups in total. The van der Waals surface area contributed by atoms with Gasteiger partial charge in [-0.2, -0.15) is 5.10 Å². The summed E-state index contributed by atoms with van der Waals surface area (Å²) in [6.45, 7) is 1.72. The lowest BCUT2D eigenvalue weighted by Gasteiger charge is -2.38. The van der Waals surface area contributed by atoms with Gasteiger partial charge >= 0.3 is 6.09 Å². The summed E-state index contributed by atoms with van der Waals surface area (Å²) >= 11 is 0. The first-order valence-corrected chi connectivity index (χ1v) is 12.0. The number of carbonyl (C=O) groups is 1. The Morgan fingerprint density at radius 3 is 2.86 bits per heavy atom. The number of ether oxygens (including phenoxy) is 1. The summed E-state index contributed by atoms with van der Waals surface area (Å²) in [7, 11) is 0. The number of nitrogens with zero attached hydrogens (tertiary/aromatic N) is 5. The number of imidazole rings is 1. The van der Waals surface area contributed by atoms with Crippen LogP contribution in [0.2, 0.25) is 0 Å². The number of alkyl halides is 3. The molecule has 3 atom stereocenters. The fourth-order valence-corrected chi connectivity index (χ4v) is 4.89. The maximum Gasteiger partial charge on any atom is 0.407 e. The average molecular weight is 505 g/mol. The third-order valence-electron chi connectivity index (χ3n) is 7.13. The summed E-state index contributed by atoms with van der Waals surface area (Å²) in [4.78, 5) is 22.5. The highest BCUT2D eigenvalue weighted by molar-refractivity contribution is 5.69. The lowest BCUT2D eigenvalue weighted by Crippen LogP contribution is -2.55. The molecule has 0 unspecified atom stereocenters. The molecule has 1 amide bonds. The summed E-state index contributed by atoms with van der Waals surface area (Å²) in [5.41, 5.74) is 1.65. The van der Waals surface area contributed by atoms with Gasteiger partial charge in [-0.15, -0.1) is 0 Å². The number of H-pyrrole nitrogens is 1. The van der Waals surface area contributed by atoms with Gasteiger partial charge in [-0.3, -0.25) is 14.4 Å². The van der Waals surface area contributed by atoms with Gasteiger partial charge in [-0.05, 0) is 38.7 Å². The number of anilines is 2. The van der Waals surface area contributed by atoms with Crippen LogP contribution in [0.15, 0.2) is 24.5 Å². The van der Waals surface area contributed by atoms with Crippen molar-refractivity contribution in [2.45, 2.75) is 68.8 Å². The fourth-order valence-electron chi connectivity index (χ4n) is 4.89. The highest BCUT2D eigenvalue weighted by Gasteiger charge is 2.44. The number of rotatable bonds is 7. The molecule has 13 heteroatoms. The van der Waals surface area contributed by atoms with Gasteiger partial charge in [0.15, 0.2) is 5.82 Å². The van der Waals surface area contributed by atoms with E-state index in [2.05, 4.69) is 30.8 Å². The number of aromatic amines is 1. The topological polar surface area (TPSA) is 112 Å². The van der Waals surface area contributed by atoms with Gasteiger partial charge in [0.1, 0.15) is 17.9 Å². The van der Waals surface area contributed by atoms with Crippen LogP contribution in [-0.4, -0.2) is 72.4 Å². The summed E-state index contributed by atoms with van der Waals surface area (Å²) < 4.78 is 48.5. The number of carbonyl (C=O) groups excluding carboxylic acids is 1. The number of hydrogen-bond donors (Lipinski definition) is 3. The lowest BCUT2D eigenvalue weighted by molar-refractivity contribution is -0.134. The molecule has 10 nitrogen and oxygen atoms in total. The van der Waals surface area contributed by atoms with Crippen LogP contribution >= 0.6 is 0 Å². The van der Waals surface area contributed by atoms with E-state index in [9.17, 15) is 13.6 Å². The van der Waals surface area contributed by atoms with Crippen LogP contribution in [0.4, 0.5) is 29.7 Å². The van der Waals surface area contributed by atoms with E-state index in [1.807, 2.05) is 6.92 Å². The van der Waals surface area contributed by atoms with E-state index < -0.39 is 30.2 Å². The smallest absolute Gasteiger partial charge is 0.407 e. The van der Waals surface area contributed by atoms with E-state index in [0.29, 0.717) is 48.2 Å². The first kappa shape index (κ1) is 23.1. The van der Waals surface area contributed by atoms with Gasteiger partial charge in [0.05, 0.1) is 18.8 Å². The Kier molecular flexibility index (Phi) is 5.36. The van der Waals surface area contributed by atoms with Crippen molar-refractivity contribution >= 4 is 23.5 Å². The van der Waals surface area contributed by atoms with Crippen LogP contribution in [0.5, 0.6) is 0 Å². The van der Waals surface area contributed by atoms with Crippen LogP contribution in [0.1, 0.15) is 49.9 Å². The Bertz CT molecular complexity index is 1280. The van der Waals surface area contributed by atoms with Crippen LogP contribution in [0.3, 0.4) is 0 Å². The predicted octanol–water partition coefficient (Wildman–Crippen LogP) is 3.51. The van der Waals surface area contributed by atoms with Crippen molar-refractivity contribution in [1.82, 2.24) is 34.8 Å². The molecule has 0 aromatic carbocycles. The van der Waals surface area contributed by atoms with Gasteiger partial charge in [0.25, 0.3) is 5.92 Å². The first-order valence-electron chi connectivity index (χ1n) is 12.0. The number of amides is 1. The quantitative estimate of drug-likeness (QED) is 0.451. The zero-order valence-corrected chi connectivity index (χ0v) is 19.7. The molecule has 36 heavy (non-hydrogen) atoms. The third kappa shape index (κ3) is 4.59. The van der Waals surface area contributed by atoms with Crippen molar-refractivity contribution in [1.29, 1.82) is 0 Å². The number of alkyl carbamates (subject to hydrolysis) is 1. The zero-order chi connectivity index (χ0) is 25.1. The number of likely N-dealkylation sites (tertiary alicyclic amines) is 1. The number of aromatic nitrogens is 5. The number of nitrogens with one attached hydrogen (secondary N) is 3. The number of fused-ring (bicyclic) bond motifs is 1. The van der Waals surface area contributed by atoms with Crippen LogP contribution < -0.4 is 10.6 Å². The SMILES string of the molecule is CC1(NC(=O)O[C@@H]2CC[C@H](c3cc(Nc4nccc5nc(CN6CC(F)(F)C6)cn45)n[nH]3)[C@@H]2F)CC1. The molecule has 0 bridgehead atoms. The Morgan fingerprint density at radius 2 is 2.11 bits per heavy atom. The van der Waals surface area contributed by atoms with Crippen molar-refractivity contribution < 1.29 is 22.7 Å². The Morgan fingerprint density at radius 1 is 1.31 bits per heavy atom. The molecule has 4 heterocycles. The summed E-state index contributed by atoms with van der Waals surface area (Å²) in [5, 5.41) is 13.0. The molecule has 192 valence electrons. The van der Waals surface area contributed by atoms with E-state index >= 15 is 4.39 Å². The second-order valence-corrected chi connectivity index (χ2v) is 10.3. The minimum atomic E-state index is -2.63. The minimum absolute atomic E-state index is 0.221. The van der Waals surface area contributed by atoms with E-state index in [1.165, 1.54) is 0 Å². The van der Waals surface area contributed by atoms with Gasteiger partial charge in [0.2, 0.25) is 5.95 Å². The van der Waals surface area contributed by atoms with E-state index in [-0.39, 0.29) is 18.6 Å². The molecular weight excluding hydrogens is 477 g/mol. The lowest BCUT2D eigenvalue weighted by atomic mass is 10.0. The van der Waals surface area contributed by atoms with Crippen molar-refractivity contribution in [2.24, 2.45) is 0 Å². The first-order chi connectivity index (χ1) is 17.2. The van der Waals surface area contributed by atoms with Crippen LogP contribution in [0, 0.1) is 0 Å². The molecule has 1 aliphatic heterocycles. The molecule has 3 aromatic heterocycles. The largest absolute Gasteiger partial charge is 0.443 e. The third-order valence-corrected chi connectivity index (χ3v) is 7.13. The van der Waals surface area contributed by atoms with Crippen LogP contribution in [0.25, 0.3) is 5.65 Å². The highest BCUT2D eigenvalue weighted by Crippen LogP contribution is 2.39. The normalized spacial score (nSPS) is 26.5. The highest BCUT2D eigenvalue weighted by atomic mass is 19.3. The van der Waals surface area contributed by atoms with Crippen molar-refractivity contribution in [3.05, 3.63) is 35.9 Å². The van der Waals surface area contributed by atoms with Gasteiger partial charge in [-0.1, -0.05) is 0 Å². The van der Waals surface area contributed by atoms with E-state index in [0.717, 1.165) is 12.8 Å². The Hall–Kier alpha value is -3.35. The predicted molar refractivity (Wildman–Crippen MR) is 123 cm³/mol. The van der Waals surface area contributed by atoms with Crippen molar-refractivity contribution in [2.75, 3.05) is 18.4 Å². The summed E-state index contributed by atoms with van der Waals surface area (Å²) in [5.74, 6) is -2.22. The van der Waals surface area contributed by atoms with Gasteiger partial charge < -0.3 is 15.4 Å². The van der Waals surface area contributed by atoms with E-state index in [1.54, 1.807) is 33.8 Å². The van der Waals surface area contributed by atoms with Crippen LogP contribution in [-0.2, 0) is 11.3 Å². The fraction of sp³-hybridized carbons (Fsp3) is 0.565. The summed E-state index contributed by atoms with van der Waals surface area (Å²) in [6, 6.07) is 3.44. The second kappa shape index (κ2) is 8.36. The molecule has 1 saturated heterocycles. The second-order valence-electron chi connectivity index (χ2n) is 10.3. The molecule has 2 aliphatic carbocycles. The minimum Gasteiger partial charge on any atom is -0.443 e. The number of halogens is 3. The molecule has 0 spiro atoms. The molecule has 0 radical (unpaired) electrons. The Labute approximate surface area is 204 Å². The molecule has 3 aromatic rings. The van der Waals surface area contributed by atoms with Crippen molar-refractivity contribution in [3.8, 4) is 0 Å². The average Bonchev–Trinajstić information content (AvgIpc) is 3.14. The van der Waals surface area contributed by atoms with E-state index in [4.69, 9.17) is 4.74 Å².